The second-order valence-electron chi connectivity index (χ2n) is 8.78. The summed E-state index contributed by atoms with van der Waals surface area (Å²) in [7, 11) is -3.70. The molecular weight excluding hydrogens is 382 g/mol. The van der Waals surface area contributed by atoms with Gasteiger partial charge in [0, 0.05) is 6.42 Å². The maximum atomic E-state index is 13.1. The van der Waals surface area contributed by atoms with Crippen LogP contribution in [0.5, 0.6) is 0 Å². The van der Waals surface area contributed by atoms with Crippen molar-refractivity contribution >= 4 is 15.9 Å². The highest BCUT2D eigenvalue weighted by molar-refractivity contribution is 7.90. The van der Waals surface area contributed by atoms with Gasteiger partial charge in [-0.2, -0.15) is 0 Å². The molecule has 4 rings (SSSR count). The molecule has 1 fully saturated rings. The maximum absolute atomic E-state index is 13.1. The Morgan fingerprint density at radius 1 is 0.931 bits per heavy atom. The Morgan fingerprint density at radius 2 is 1.55 bits per heavy atom. The van der Waals surface area contributed by atoms with Gasteiger partial charge in [0.25, 0.3) is 10.0 Å². The van der Waals surface area contributed by atoms with Gasteiger partial charge in [0.05, 0.1) is 0 Å². The Bertz CT molecular complexity index is 973. The van der Waals surface area contributed by atoms with Crippen molar-refractivity contribution in [1.82, 2.24) is 0 Å². The predicted octanol–water partition coefficient (Wildman–Crippen LogP) is 5.90. The van der Waals surface area contributed by atoms with E-state index in [4.69, 9.17) is 4.74 Å². The minimum atomic E-state index is -3.70. The van der Waals surface area contributed by atoms with Crippen LogP contribution in [0.15, 0.2) is 59.0 Å². The Kier molecular flexibility index (Phi) is 5.52. The zero-order chi connectivity index (χ0) is 20.5. The van der Waals surface area contributed by atoms with E-state index in [1.807, 2.05) is 68.4 Å². The quantitative estimate of drug-likeness (QED) is 0.629. The average Bonchev–Trinajstić information content (AvgIpc) is 2.68. The van der Waals surface area contributed by atoms with Crippen molar-refractivity contribution in [2.24, 2.45) is 10.3 Å². The molecule has 0 spiro atoms. The van der Waals surface area contributed by atoms with Gasteiger partial charge in [-0.3, -0.25) is 0 Å². The first kappa shape index (κ1) is 20.1. The van der Waals surface area contributed by atoms with Crippen LogP contribution in [-0.4, -0.2) is 19.9 Å². The van der Waals surface area contributed by atoms with Gasteiger partial charge in [-0.15, -0.1) is 4.40 Å². The van der Waals surface area contributed by atoms with E-state index < -0.39 is 20.9 Å². The fourth-order valence-electron chi connectivity index (χ4n) is 4.70. The molecule has 5 heteroatoms. The molecule has 29 heavy (non-hydrogen) atoms. The fourth-order valence-corrected chi connectivity index (χ4v) is 6.47. The molecule has 1 aliphatic heterocycles. The summed E-state index contributed by atoms with van der Waals surface area (Å²) in [6, 6.07) is 17.8. The highest BCUT2D eigenvalue weighted by Crippen LogP contribution is 2.42. The molecule has 154 valence electrons. The molecule has 4 nitrogen and oxygen atoms in total. The van der Waals surface area contributed by atoms with Crippen LogP contribution in [0.3, 0.4) is 0 Å². The van der Waals surface area contributed by atoms with Crippen molar-refractivity contribution in [3.05, 3.63) is 60.2 Å². The molecule has 0 amide bonds. The third-order valence-corrected chi connectivity index (χ3v) is 7.94. The van der Waals surface area contributed by atoms with Gasteiger partial charge in [0.2, 0.25) is 5.90 Å². The SMILES string of the molecule is CC1(C)OC(CC2CCCCC2)=NS(=O)(=O)C1c1ccc(-c2ccccc2)cc1. The van der Waals surface area contributed by atoms with Gasteiger partial charge < -0.3 is 4.74 Å². The molecule has 0 bridgehead atoms. The summed E-state index contributed by atoms with van der Waals surface area (Å²) in [6.45, 7) is 3.71. The minimum absolute atomic E-state index is 0.388. The molecule has 1 heterocycles. The second kappa shape index (κ2) is 7.94. The lowest BCUT2D eigenvalue weighted by Gasteiger charge is -2.38. The van der Waals surface area contributed by atoms with Gasteiger partial charge in [-0.1, -0.05) is 73.9 Å². The predicted molar refractivity (Wildman–Crippen MR) is 117 cm³/mol. The van der Waals surface area contributed by atoms with E-state index in [9.17, 15) is 8.42 Å². The topological polar surface area (TPSA) is 55.7 Å². The lowest BCUT2D eigenvalue weighted by molar-refractivity contribution is 0.0780. The fraction of sp³-hybridized carbons (Fsp3) is 0.458. The Morgan fingerprint density at radius 3 is 2.17 bits per heavy atom. The standard InChI is InChI=1S/C24H29NO3S/c1-24(2)23(21-15-13-20(14-16-21)19-11-7-4-8-12-19)29(26,27)25-22(28-24)17-18-9-5-3-6-10-18/h4,7-8,11-16,18,23H,3,5-6,9-10,17H2,1-2H3. The van der Waals surface area contributed by atoms with E-state index >= 15 is 0 Å². The third-order valence-electron chi connectivity index (χ3n) is 6.05. The van der Waals surface area contributed by atoms with Gasteiger partial charge in [0.1, 0.15) is 10.9 Å². The van der Waals surface area contributed by atoms with Crippen LogP contribution in [0.25, 0.3) is 11.1 Å². The molecule has 2 aromatic carbocycles. The Balaban J connectivity index is 1.60. The van der Waals surface area contributed by atoms with Gasteiger partial charge in [-0.25, -0.2) is 8.42 Å². The first-order valence-corrected chi connectivity index (χ1v) is 12.0. The number of hydrogen-bond donors (Lipinski definition) is 0. The van der Waals surface area contributed by atoms with Crippen LogP contribution in [0, 0.1) is 5.92 Å². The number of sulfonamides is 1. The zero-order valence-electron chi connectivity index (χ0n) is 17.2. The first-order chi connectivity index (χ1) is 13.9. The van der Waals surface area contributed by atoms with E-state index in [0.717, 1.165) is 29.5 Å². The van der Waals surface area contributed by atoms with E-state index in [0.29, 0.717) is 18.2 Å². The molecular formula is C24H29NO3S. The van der Waals surface area contributed by atoms with Crippen molar-refractivity contribution in [3.8, 4) is 11.1 Å². The van der Waals surface area contributed by atoms with Crippen molar-refractivity contribution in [2.45, 2.75) is 63.2 Å². The normalized spacial score (nSPS) is 23.8. The number of hydrogen-bond acceptors (Lipinski definition) is 3. The molecule has 2 aromatic rings. The van der Waals surface area contributed by atoms with Gasteiger partial charge in [0.15, 0.2) is 0 Å². The molecule has 0 aromatic heterocycles. The summed E-state index contributed by atoms with van der Waals surface area (Å²) in [6.07, 6.45) is 6.59. The molecule has 0 N–H and O–H groups in total. The summed E-state index contributed by atoms with van der Waals surface area (Å²) in [4.78, 5) is 0. The molecule has 1 unspecified atom stereocenters. The van der Waals surface area contributed by atoms with Crippen molar-refractivity contribution in [3.63, 3.8) is 0 Å². The summed E-state index contributed by atoms with van der Waals surface area (Å²) in [5.74, 6) is 0.870. The maximum Gasteiger partial charge on any atom is 0.267 e. The largest absolute Gasteiger partial charge is 0.472 e. The zero-order valence-corrected chi connectivity index (χ0v) is 18.0. The van der Waals surface area contributed by atoms with Gasteiger partial charge >= 0.3 is 0 Å². The van der Waals surface area contributed by atoms with Crippen molar-refractivity contribution in [1.29, 1.82) is 0 Å². The summed E-state index contributed by atoms with van der Waals surface area (Å²) in [5, 5.41) is -0.810. The smallest absolute Gasteiger partial charge is 0.267 e. The molecule has 0 radical (unpaired) electrons. The third kappa shape index (κ3) is 4.40. The summed E-state index contributed by atoms with van der Waals surface area (Å²) in [5.41, 5.74) is 2.02. The number of ether oxygens (including phenoxy) is 1. The Labute approximate surface area is 174 Å². The Hall–Kier alpha value is -2.14. The highest BCUT2D eigenvalue weighted by atomic mass is 32.2. The van der Waals surface area contributed by atoms with Crippen LogP contribution in [0.2, 0.25) is 0 Å². The molecule has 1 aliphatic carbocycles. The number of nitrogens with zero attached hydrogens (tertiary/aromatic N) is 1. The van der Waals surface area contributed by atoms with E-state index in [-0.39, 0.29) is 0 Å². The second-order valence-corrected chi connectivity index (χ2v) is 10.5. The van der Waals surface area contributed by atoms with Crippen molar-refractivity contribution < 1.29 is 13.2 Å². The lowest BCUT2D eigenvalue weighted by Crippen LogP contribution is -2.43. The van der Waals surface area contributed by atoms with E-state index in [1.54, 1.807) is 0 Å². The summed E-state index contributed by atoms with van der Waals surface area (Å²) < 4.78 is 36.5. The van der Waals surface area contributed by atoms with Gasteiger partial charge in [-0.05, 0) is 49.3 Å². The molecule has 1 atom stereocenters. The van der Waals surface area contributed by atoms with Crippen molar-refractivity contribution in [2.75, 3.05) is 0 Å². The van der Waals surface area contributed by atoms with Crippen LogP contribution < -0.4 is 0 Å². The number of benzene rings is 2. The lowest BCUT2D eigenvalue weighted by atomic mass is 9.87. The minimum Gasteiger partial charge on any atom is -0.472 e. The number of rotatable bonds is 4. The summed E-state index contributed by atoms with van der Waals surface area (Å²) >= 11 is 0. The monoisotopic (exact) mass is 411 g/mol. The van der Waals surface area contributed by atoms with Crippen LogP contribution >= 0.6 is 0 Å². The highest BCUT2D eigenvalue weighted by Gasteiger charge is 2.47. The average molecular weight is 412 g/mol. The van der Waals surface area contributed by atoms with Crippen LogP contribution in [-0.2, 0) is 14.8 Å². The molecule has 2 aliphatic rings. The van der Waals surface area contributed by atoms with Crippen LogP contribution in [0.1, 0.15) is 63.2 Å². The van der Waals surface area contributed by atoms with E-state index in [1.165, 1.54) is 19.3 Å². The first-order valence-electron chi connectivity index (χ1n) is 10.5. The van der Waals surface area contributed by atoms with Crippen LogP contribution in [0.4, 0.5) is 0 Å². The van der Waals surface area contributed by atoms with E-state index in [2.05, 4.69) is 4.40 Å². The molecule has 0 saturated heterocycles. The molecule has 1 saturated carbocycles.